The van der Waals surface area contributed by atoms with Crippen LogP contribution in [0.3, 0.4) is 0 Å². The Morgan fingerprint density at radius 2 is 1.44 bits per heavy atom. The van der Waals surface area contributed by atoms with E-state index in [9.17, 15) is 0 Å². The van der Waals surface area contributed by atoms with Gasteiger partial charge in [0.2, 0.25) is 0 Å². The quantitative estimate of drug-likeness (QED) is 0.146. The molecule has 0 N–H and O–H groups in total. The molecule has 0 radical (unpaired) electrons. The largest absolute Gasteiger partial charge is 0.461 e. The monoisotopic (exact) mass is 715 g/mol. The van der Waals surface area contributed by atoms with E-state index in [2.05, 4.69) is 204 Å². The Labute approximate surface area is 326 Å². The van der Waals surface area contributed by atoms with E-state index in [-0.39, 0.29) is 16.9 Å². The zero-order valence-electron chi connectivity index (χ0n) is 32.9. The van der Waals surface area contributed by atoms with Gasteiger partial charge >= 0.3 is 0 Å². The van der Waals surface area contributed by atoms with Gasteiger partial charge in [0.05, 0.1) is 6.04 Å². The van der Waals surface area contributed by atoms with Crippen LogP contribution in [-0.4, -0.2) is 6.04 Å². The Morgan fingerprint density at radius 1 is 0.709 bits per heavy atom. The summed E-state index contributed by atoms with van der Waals surface area (Å²) in [4.78, 5) is 2.53. The molecule has 3 aliphatic rings. The summed E-state index contributed by atoms with van der Waals surface area (Å²) in [7, 11) is 0. The molecular weight excluding hydrogens is 667 g/mol. The number of aryl methyl sites for hydroxylation is 1. The van der Waals surface area contributed by atoms with E-state index in [4.69, 9.17) is 4.42 Å². The molecule has 55 heavy (non-hydrogen) atoms. The van der Waals surface area contributed by atoms with Gasteiger partial charge in [-0.3, -0.25) is 0 Å². The first-order valence-corrected chi connectivity index (χ1v) is 19.8. The predicted molar refractivity (Wildman–Crippen MR) is 233 cm³/mol. The third-order valence-electron chi connectivity index (χ3n) is 12.4. The van der Waals surface area contributed by atoms with E-state index >= 15 is 0 Å². The van der Waals surface area contributed by atoms with E-state index in [1.165, 1.54) is 78.1 Å². The molecule has 3 aliphatic carbocycles. The second kappa shape index (κ2) is 13.5. The van der Waals surface area contributed by atoms with Crippen molar-refractivity contribution in [1.82, 2.24) is 0 Å². The number of rotatable bonds is 8. The van der Waals surface area contributed by atoms with Crippen molar-refractivity contribution in [2.24, 2.45) is 0 Å². The summed E-state index contributed by atoms with van der Waals surface area (Å²) < 4.78 is 6.63. The van der Waals surface area contributed by atoms with E-state index < -0.39 is 0 Å². The van der Waals surface area contributed by atoms with Gasteiger partial charge < -0.3 is 9.32 Å². The lowest BCUT2D eigenvalue weighted by molar-refractivity contribution is 0.519. The second-order valence-corrected chi connectivity index (χ2v) is 16.4. The highest BCUT2D eigenvalue weighted by Crippen LogP contribution is 2.53. The van der Waals surface area contributed by atoms with Gasteiger partial charge in [0.15, 0.2) is 0 Å². The smallest absolute Gasteiger partial charge is 0.130 e. The van der Waals surface area contributed by atoms with Crippen LogP contribution >= 0.6 is 0 Å². The molecule has 1 heterocycles. The molecule has 2 heteroatoms. The van der Waals surface area contributed by atoms with Crippen LogP contribution in [0.1, 0.15) is 85.1 Å². The van der Waals surface area contributed by atoms with Gasteiger partial charge in [0.1, 0.15) is 11.5 Å². The maximum atomic E-state index is 6.63. The van der Waals surface area contributed by atoms with E-state index in [0.717, 1.165) is 24.4 Å². The summed E-state index contributed by atoms with van der Waals surface area (Å²) in [6.45, 7) is 13.7. The SMILES string of the molecule is C/C=C\C=C/Cc1cccc2c1C(C)(C)C(c1ccccc1-c1c(C)oc3c1CC(N(c1ccccc1)c1ccc4c(c1)C(C)(C)c1ccccc1-4)C=C3)=C2. The summed E-state index contributed by atoms with van der Waals surface area (Å²) in [6.07, 6.45) is 17.3. The van der Waals surface area contributed by atoms with Crippen molar-refractivity contribution in [3.63, 3.8) is 0 Å². The first-order valence-electron chi connectivity index (χ1n) is 19.8. The molecule has 6 aromatic rings. The fraction of sp³-hybridized carbons (Fsp3) is 0.208. The lowest BCUT2D eigenvalue weighted by Gasteiger charge is -2.35. The molecule has 0 fully saturated rings. The predicted octanol–water partition coefficient (Wildman–Crippen LogP) is 13.8. The molecule has 5 aromatic carbocycles. The average molecular weight is 716 g/mol. The number of anilines is 2. The maximum Gasteiger partial charge on any atom is 0.130 e. The lowest BCUT2D eigenvalue weighted by Crippen LogP contribution is -2.33. The summed E-state index contributed by atoms with van der Waals surface area (Å²) in [5.74, 6) is 1.94. The molecule has 1 unspecified atom stereocenters. The topological polar surface area (TPSA) is 16.4 Å². The van der Waals surface area contributed by atoms with Gasteiger partial charge in [-0.15, -0.1) is 0 Å². The standard InChI is InChI=1S/C53H49NO/c1-7-8-9-11-19-36-20-18-21-37-32-47(53(5,6)51(36)37)42-25-14-15-26-44(42)50-35(2)55-49-31-29-39(33-45(49)50)54(38-22-12-10-13-23-38)40-28-30-43-41-24-16-17-27-46(41)52(3,4)48(43)34-40/h7-18,20-32,34,39H,19,33H2,1-6H3/b8-7-,11-9-. The van der Waals surface area contributed by atoms with E-state index in [1.54, 1.807) is 0 Å². The van der Waals surface area contributed by atoms with Crippen molar-refractivity contribution in [3.05, 3.63) is 196 Å². The van der Waals surface area contributed by atoms with Crippen molar-refractivity contribution in [1.29, 1.82) is 0 Å². The minimum absolute atomic E-state index is 0.0787. The van der Waals surface area contributed by atoms with Crippen LogP contribution in [0.15, 0.2) is 150 Å². The Bertz CT molecular complexity index is 2570. The zero-order chi connectivity index (χ0) is 37.9. The third kappa shape index (κ3) is 5.70. The van der Waals surface area contributed by atoms with Gasteiger partial charge in [0.25, 0.3) is 0 Å². The van der Waals surface area contributed by atoms with Gasteiger partial charge in [-0.2, -0.15) is 0 Å². The third-order valence-corrected chi connectivity index (χ3v) is 12.4. The van der Waals surface area contributed by atoms with Crippen LogP contribution in [0.2, 0.25) is 0 Å². The summed E-state index contributed by atoms with van der Waals surface area (Å²) in [5.41, 5.74) is 18.1. The van der Waals surface area contributed by atoms with Crippen LogP contribution in [-0.2, 0) is 23.7 Å². The van der Waals surface area contributed by atoms with E-state index in [0.29, 0.717) is 0 Å². The number of benzene rings is 5. The maximum absolute atomic E-state index is 6.63. The lowest BCUT2D eigenvalue weighted by atomic mass is 9.74. The molecule has 0 bridgehead atoms. The first kappa shape index (κ1) is 34.9. The highest BCUT2D eigenvalue weighted by molar-refractivity contribution is 5.99. The van der Waals surface area contributed by atoms with Crippen molar-refractivity contribution in [2.45, 2.75) is 71.3 Å². The molecule has 272 valence electrons. The molecule has 0 spiro atoms. The van der Waals surface area contributed by atoms with Crippen molar-refractivity contribution >= 4 is 29.1 Å². The van der Waals surface area contributed by atoms with Gasteiger partial charge in [-0.1, -0.05) is 149 Å². The van der Waals surface area contributed by atoms with Gasteiger partial charge in [-0.05, 0) is 112 Å². The molecule has 1 aromatic heterocycles. The van der Waals surface area contributed by atoms with Crippen LogP contribution in [0, 0.1) is 6.92 Å². The van der Waals surface area contributed by atoms with Crippen LogP contribution < -0.4 is 4.90 Å². The van der Waals surface area contributed by atoms with Crippen LogP contribution in [0.25, 0.3) is 40.0 Å². The molecule has 2 nitrogen and oxygen atoms in total. The molecule has 0 amide bonds. The number of nitrogens with zero attached hydrogens (tertiary/aromatic N) is 1. The molecule has 0 aliphatic heterocycles. The number of fused-ring (bicyclic) bond motifs is 5. The average Bonchev–Trinajstić information content (AvgIpc) is 3.76. The normalized spacial score (nSPS) is 17.3. The number of allylic oxidation sites excluding steroid dienone is 5. The summed E-state index contributed by atoms with van der Waals surface area (Å²) in [6, 6.07) is 42.7. The zero-order valence-corrected chi connectivity index (χ0v) is 32.9. The molecule has 0 saturated carbocycles. The first-order chi connectivity index (χ1) is 26.7. The number of hydrogen-bond donors (Lipinski definition) is 0. The van der Waals surface area contributed by atoms with Crippen molar-refractivity contribution in [3.8, 4) is 22.3 Å². The number of hydrogen-bond acceptors (Lipinski definition) is 2. The van der Waals surface area contributed by atoms with Crippen molar-refractivity contribution < 1.29 is 4.42 Å². The Hall–Kier alpha value is -5.86. The highest BCUT2D eigenvalue weighted by Gasteiger charge is 2.39. The fourth-order valence-electron chi connectivity index (χ4n) is 9.80. The fourth-order valence-corrected chi connectivity index (χ4v) is 9.80. The Kier molecular flexibility index (Phi) is 8.54. The number of para-hydroxylation sites is 1. The second-order valence-electron chi connectivity index (χ2n) is 16.4. The number of furan rings is 1. The van der Waals surface area contributed by atoms with Gasteiger partial charge in [0, 0.05) is 39.8 Å². The van der Waals surface area contributed by atoms with Gasteiger partial charge in [-0.25, -0.2) is 0 Å². The van der Waals surface area contributed by atoms with Crippen LogP contribution in [0.5, 0.6) is 0 Å². The van der Waals surface area contributed by atoms with Crippen molar-refractivity contribution in [2.75, 3.05) is 4.90 Å². The molecule has 9 rings (SSSR count). The van der Waals surface area contributed by atoms with Crippen LogP contribution in [0.4, 0.5) is 11.4 Å². The molecule has 1 atom stereocenters. The minimum atomic E-state index is -0.165. The van der Waals surface area contributed by atoms with E-state index in [1.807, 2.05) is 0 Å². The minimum Gasteiger partial charge on any atom is -0.461 e. The molecular formula is C53H49NO. The highest BCUT2D eigenvalue weighted by atomic mass is 16.3. The summed E-state index contributed by atoms with van der Waals surface area (Å²) >= 11 is 0. The Balaban J connectivity index is 1.11. The molecule has 0 saturated heterocycles. The summed E-state index contributed by atoms with van der Waals surface area (Å²) in [5, 5.41) is 0. The Morgan fingerprint density at radius 3 is 2.24 bits per heavy atom.